The van der Waals surface area contributed by atoms with Crippen LogP contribution in [-0.2, 0) is 9.91 Å². The fourth-order valence-corrected chi connectivity index (χ4v) is 3.45. The maximum absolute atomic E-state index is 11.6. The molecule has 8 N–H and O–H groups in total. The maximum atomic E-state index is 11.6. The molecular weight excluding hydrogens is 434 g/mol. The van der Waals surface area contributed by atoms with Gasteiger partial charge >= 0.3 is 17.2 Å². The first-order valence-electron chi connectivity index (χ1n) is 8.79. The molecule has 0 unspecified atom stereocenters. The first-order valence-corrected chi connectivity index (χ1v) is 11.1. The highest BCUT2D eigenvalue weighted by Gasteiger charge is 2.52. The average Bonchev–Trinajstić information content (AvgIpc) is 2.70. The van der Waals surface area contributed by atoms with Crippen LogP contribution in [0.25, 0.3) is 0 Å². The van der Waals surface area contributed by atoms with Crippen molar-refractivity contribution in [2.45, 2.75) is 19.4 Å². The van der Waals surface area contributed by atoms with Crippen LogP contribution in [0.5, 0.6) is 0 Å². The van der Waals surface area contributed by atoms with Gasteiger partial charge in [-0.25, -0.2) is 4.31 Å². The summed E-state index contributed by atoms with van der Waals surface area (Å²) in [5.74, 6) is 0. The van der Waals surface area contributed by atoms with Crippen LogP contribution in [-0.4, -0.2) is 59.8 Å². The zero-order valence-corrected chi connectivity index (χ0v) is 18.4. The second-order valence-electron chi connectivity index (χ2n) is 6.78. The average molecular weight is 462 g/mol. The Hall–Kier alpha value is -1.06. The molecule has 2 aromatic carbocycles. The van der Waals surface area contributed by atoms with Crippen molar-refractivity contribution in [2.75, 3.05) is 19.8 Å². The number of benzene rings is 2. The Kier molecular flexibility index (Phi) is 10.9. The number of rotatable bonds is 8. The van der Waals surface area contributed by atoms with Crippen molar-refractivity contribution in [2.24, 2.45) is 5.41 Å². The lowest BCUT2D eigenvalue weighted by Gasteiger charge is -2.45. The predicted molar refractivity (Wildman–Crippen MR) is 113 cm³/mol. The molecule has 0 radical (unpaired) electrons. The van der Waals surface area contributed by atoms with E-state index in [1.54, 1.807) is 24.3 Å². The van der Waals surface area contributed by atoms with Gasteiger partial charge in [-0.3, -0.25) is 0 Å². The topological polar surface area (TPSA) is 171 Å². The van der Waals surface area contributed by atoms with Gasteiger partial charge in [-0.2, -0.15) is 0 Å². The van der Waals surface area contributed by atoms with Crippen molar-refractivity contribution >= 4 is 17.2 Å². The molecule has 0 aliphatic carbocycles. The van der Waals surface area contributed by atoms with Gasteiger partial charge in [0.05, 0.1) is 25.2 Å². The molecule has 11 heteroatoms. The first-order chi connectivity index (χ1) is 14.1. The Balaban J connectivity index is 0.000000553. The van der Waals surface area contributed by atoms with E-state index in [0.717, 1.165) is 11.1 Å². The molecule has 30 heavy (non-hydrogen) atoms. The number of hydrogen-bond acceptors (Lipinski definition) is 9. The monoisotopic (exact) mass is 462 g/mol. The molecule has 0 fully saturated rings. The quantitative estimate of drug-likeness (QED) is 0.266. The summed E-state index contributed by atoms with van der Waals surface area (Å²) in [5, 5.41) is 41.2. The highest BCUT2D eigenvalue weighted by Crippen LogP contribution is 2.45. The molecule has 0 aliphatic heterocycles. The summed E-state index contributed by atoms with van der Waals surface area (Å²) in [5.41, 5.74) is -0.122. The summed E-state index contributed by atoms with van der Waals surface area (Å²) in [6.45, 7) is 2.20. The van der Waals surface area contributed by atoms with Gasteiger partial charge in [-0.05, 0) is 25.0 Å². The molecule has 0 heterocycles. The molecular formula is C19H28O9P2. The predicted octanol–water partition coefficient (Wildman–Crippen LogP) is 0.929. The lowest BCUT2D eigenvalue weighted by atomic mass is 9.66. The lowest BCUT2D eigenvalue weighted by molar-refractivity contribution is -0.136. The highest BCUT2D eigenvalue weighted by molar-refractivity contribution is 7.53. The van der Waals surface area contributed by atoms with E-state index in [-0.39, 0.29) is 0 Å². The van der Waals surface area contributed by atoms with E-state index in [2.05, 4.69) is 4.31 Å². The SMILES string of the molecule is Cc1ccc(C(O)(c2ccc(C)cc2)C(CO)(CO)CO)cc1.OP(O)OP(O)O. The van der Waals surface area contributed by atoms with Crippen LogP contribution in [0.3, 0.4) is 0 Å². The van der Waals surface area contributed by atoms with E-state index in [1.165, 1.54) is 0 Å². The minimum atomic E-state index is -2.61. The minimum absolute atomic E-state index is 0.518. The second kappa shape index (κ2) is 12.1. The maximum Gasteiger partial charge on any atom is 0.334 e. The Bertz CT molecular complexity index is 688. The molecule has 0 saturated heterocycles. The molecule has 0 amide bonds. The summed E-state index contributed by atoms with van der Waals surface area (Å²) in [6, 6.07) is 14.4. The van der Waals surface area contributed by atoms with E-state index in [1.807, 2.05) is 38.1 Å². The van der Waals surface area contributed by atoms with Gasteiger partial charge in [-0.15, -0.1) is 0 Å². The Labute approximate surface area is 177 Å². The molecule has 168 valence electrons. The fraction of sp³-hybridized carbons (Fsp3) is 0.368. The molecule has 0 bridgehead atoms. The van der Waals surface area contributed by atoms with Crippen molar-refractivity contribution < 1.29 is 44.3 Å². The van der Waals surface area contributed by atoms with Crippen LogP contribution in [0.15, 0.2) is 48.5 Å². The molecule has 2 aromatic rings. The van der Waals surface area contributed by atoms with Crippen molar-refractivity contribution in [3.8, 4) is 0 Å². The van der Waals surface area contributed by atoms with Crippen LogP contribution < -0.4 is 0 Å². The smallest absolute Gasteiger partial charge is 0.334 e. The van der Waals surface area contributed by atoms with E-state index in [4.69, 9.17) is 19.6 Å². The standard InChI is InChI=1S/C19H24O4.H4O5P2/c1-14-3-7-16(8-4-14)19(23,18(11-20,12-21)13-22)17-9-5-15(2)6-10-17;1-6(2)5-7(3)4/h3-10,20-23H,11-13H2,1-2H3;1-4H. The molecule has 0 aliphatic rings. The van der Waals surface area contributed by atoms with Gasteiger partial charge in [0.25, 0.3) is 0 Å². The summed E-state index contributed by atoms with van der Waals surface area (Å²) < 4.78 is 3.60. The van der Waals surface area contributed by atoms with Gasteiger partial charge in [0.1, 0.15) is 5.60 Å². The molecule has 0 atom stereocenters. The van der Waals surface area contributed by atoms with E-state index in [9.17, 15) is 20.4 Å². The largest absolute Gasteiger partial charge is 0.395 e. The van der Waals surface area contributed by atoms with Crippen molar-refractivity contribution in [1.82, 2.24) is 0 Å². The molecule has 0 spiro atoms. The minimum Gasteiger partial charge on any atom is -0.395 e. The number of aryl methyl sites for hydroxylation is 2. The molecule has 0 aromatic heterocycles. The van der Waals surface area contributed by atoms with Gasteiger partial charge in [-0.1, -0.05) is 59.7 Å². The van der Waals surface area contributed by atoms with E-state index < -0.39 is 48.0 Å². The second-order valence-corrected chi connectivity index (χ2v) is 8.45. The molecule has 9 nitrogen and oxygen atoms in total. The number of hydrogen-bond donors (Lipinski definition) is 8. The van der Waals surface area contributed by atoms with Gasteiger partial charge < -0.3 is 40.0 Å². The number of aliphatic hydroxyl groups is 4. The van der Waals surface area contributed by atoms with Crippen molar-refractivity contribution in [1.29, 1.82) is 0 Å². The summed E-state index contributed by atoms with van der Waals surface area (Å²) in [4.78, 5) is 31.3. The zero-order chi connectivity index (χ0) is 22.9. The van der Waals surface area contributed by atoms with Gasteiger partial charge in [0.15, 0.2) is 0 Å². The Morgan fingerprint density at radius 2 is 0.967 bits per heavy atom. The Morgan fingerprint density at radius 1 is 0.667 bits per heavy atom. The van der Waals surface area contributed by atoms with E-state index >= 15 is 0 Å². The van der Waals surface area contributed by atoms with Gasteiger partial charge in [0.2, 0.25) is 0 Å². The third-order valence-electron chi connectivity index (χ3n) is 4.76. The summed E-state index contributed by atoms with van der Waals surface area (Å²) in [6.07, 6.45) is 0. The third-order valence-corrected chi connectivity index (χ3v) is 5.93. The van der Waals surface area contributed by atoms with E-state index in [0.29, 0.717) is 11.1 Å². The number of aliphatic hydroxyl groups excluding tert-OH is 3. The van der Waals surface area contributed by atoms with Crippen LogP contribution in [0, 0.1) is 19.3 Å². The third kappa shape index (κ3) is 6.47. The van der Waals surface area contributed by atoms with Crippen molar-refractivity contribution in [3.05, 3.63) is 70.8 Å². The summed E-state index contributed by atoms with van der Waals surface area (Å²) >= 11 is 0. The van der Waals surface area contributed by atoms with Crippen LogP contribution in [0.1, 0.15) is 22.3 Å². The van der Waals surface area contributed by atoms with Crippen LogP contribution in [0.2, 0.25) is 0 Å². The molecule has 0 saturated carbocycles. The molecule has 2 rings (SSSR count). The fourth-order valence-electron chi connectivity index (χ4n) is 2.93. The Morgan fingerprint density at radius 3 is 1.17 bits per heavy atom. The highest BCUT2D eigenvalue weighted by atomic mass is 31.2. The normalized spacial score (nSPS) is 12.1. The van der Waals surface area contributed by atoms with Crippen molar-refractivity contribution in [3.63, 3.8) is 0 Å². The van der Waals surface area contributed by atoms with Crippen LogP contribution >= 0.6 is 17.2 Å². The lowest BCUT2D eigenvalue weighted by Crippen LogP contribution is -2.54. The first kappa shape index (κ1) is 27.0. The van der Waals surface area contributed by atoms with Crippen LogP contribution in [0.4, 0.5) is 0 Å². The zero-order valence-electron chi connectivity index (χ0n) is 16.6. The summed E-state index contributed by atoms with van der Waals surface area (Å²) in [7, 11) is -5.22. The van der Waals surface area contributed by atoms with Gasteiger partial charge in [0, 0.05) is 0 Å².